The summed E-state index contributed by atoms with van der Waals surface area (Å²) in [6.45, 7) is 9.49. The van der Waals surface area contributed by atoms with Gasteiger partial charge in [-0.05, 0) is 64.7 Å². The Morgan fingerprint density at radius 1 is 0.480 bits per heavy atom. The number of para-hydroxylation sites is 2. The molecule has 75 heavy (non-hydrogen) atoms. The summed E-state index contributed by atoms with van der Waals surface area (Å²) in [5.41, 5.74) is 6.98. The largest absolute Gasteiger partial charge is 0.456 e. The first-order valence-electron chi connectivity index (χ1n) is 29.9. The predicted molar refractivity (Wildman–Crippen MR) is 315 cm³/mol. The summed E-state index contributed by atoms with van der Waals surface area (Å²) >= 11 is 1.94. The van der Waals surface area contributed by atoms with E-state index in [4.69, 9.17) is 9.90 Å². The zero-order chi connectivity index (χ0) is 59.9. The van der Waals surface area contributed by atoms with Gasteiger partial charge in [-0.2, -0.15) is 5.26 Å². The van der Waals surface area contributed by atoms with Crippen molar-refractivity contribution in [1.82, 2.24) is 9.13 Å². The van der Waals surface area contributed by atoms with E-state index in [9.17, 15) is 22.8 Å². The summed E-state index contributed by atoms with van der Waals surface area (Å²) in [5.74, 6) is 0. The maximum Gasteiger partial charge on any atom is 0.220 e. The number of aromatic nitrogens is 2. The normalized spacial score (nSPS) is 14.2. The van der Waals surface area contributed by atoms with E-state index in [0.717, 1.165) is 66.5 Å². The van der Waals surface area contributed by atoms with Gasteiger partial charge < -0.3 is 13.6 Å². The Bertz CT molecular complexity index is 5790. The van der Waals surface area contributed by atoms with Gasteiger partial charge in [-0.15, -0.1) is 22.7 Å². The highest BCUT2D eigenvalue weighted by molar-refractivity contribution is 7.27. The van der Waals surface area contributed by atoms with Gasteiger partial charge in [0.05, 0.1) is 71.4 Å². The van der Waals surface area contributed by atoms with Crippen LogP contribution in [0.5, 0.6) is 0 Å². The van der Waals surface area contributed by atoms with Crippen molar-refractivity contribution >= 4 is 134 Å². The van der Waals surface area contributed by atoms with Gasteiger partial charge in [0, 0.05) is 74.4 Å². The first kappa shape index (κ1) is 31.6. The van der Waals surface area contributed by atoms with Gasteiger partial charge in [0.1, 0.15) is 17.2 Å². The van der Waals surface area contributed by atoms with Crippen LogP contribution in [-0.2, 0) is 0 Å². The zero-order valence-electron chi connectivity index (χ0n) is 50.9. The number of hydrogen-bond donors (Lipinski definition) is 0. The molecule has 0 aliphatic heterocycles. The molecule has 346 valence electrons. The number of thiophene rings is 2. The van der Waals surface area contributed by atoms with Crippen molar-refractivity contribution in [2.45, 2.75) is 0 Å². The number of nitriles is 1. The summed E-state index contributed by atoms with van der Waals surface area (Å²) in [4.78, 5) is 4.48. The number of rotatable bonds is 5. The van der Waals surface area contributed by atoms with Crippen molar-refractivity contribution in [3.05, 3.63) is 235 Å². The van der Waals surface area contributed by atoms with Gasteiger partial charge in [-0.25, -0.2) is 4.85 Å². The van der Waals surface area contributed by atoms with E-state index in [1.165, 1.54) is 0 Å². The van der Waals surface area contributed by atoms with E-state index in [2.05, 4.69) is 27.6 Å². The van der Waals surface area contributed by atoms with Crippen molar-refractivity contribution in [1.29, 1.82) is 5.26 Å². The number of benzene rings is 11. The molecule has 0 aliphatic carbocycles. The standard InChI is InChI=1S/C68H36N4OS2/c1-70-62-59(39-17-4-2-5-18-39)52(38-69)63(72-64-46(32-34-48-44-22-10-14-29-57(44)74-67(48)64)47-33-35-49-45-23-11-15-30-58(45)75-68(49)65(47)72)60(40-19-6-3-7-20-40)66(62)71-53-26-12-8-24-50(53)61-42(25-16-27-54(61)71)41-31-36-56-51(37-41)43-21-9-13-28-55(43)73-56/h2-37H/i10D,11D,14D,15D,22D,23D,29D,30D,32D,33D,34D,35D. The van der Waals surface area contributed by atoms with Crippen molar-refractivity contribution in [2.24, 2.45) is 0 Å². The van der Waals surface area contributed by atoms with Crippen LogP contribution in [0.15, 0.2) is 223 Å². The lowest BCUT2D eigenvalue weighted by atomic mass is 9.88. The van der Waals surface area contributed by atoms with E-state index >= 15 is 0 Å². The average molecular weight is 1000 g/mol. The lowest BCUT2D eigenvalue weighted by molar-refractivity contribution is 0.669. The van der Waals surface area contributed by atoms with E-state index < -0.39 is 60.4 Å². The second-order valence-corrected chi connectivity index (χ2v) is 20.3. The molecule has 0 saturated carbocycles. The van der Waals surface area contributed by atoms with Gasteiger partial charge in [-0.3, -0.25) is 0 Å². The van der Waals surface area contributed by atoms with Crippen LogP contribution < -0.4 is 0 Å². The third-order valence-electron chi connectivity index (χ3n) is 14.5. The van der Waals surface area contributed by atoms with E-state index in [-0.39, 0.29) is 96.7 Å². The first-order valence-corrected chi connectivity index (χ1v) is 25.6. The molecule has 16 rings (SSSR count). The zero-order valence-corrected chi connectivity index (χ0v) is 40.5. The third-order valence-corrected chi connectivity index (χ3v) is 16.7. The van der Waals surface area contributed by atoms with Crippen LogP contribution in [0.4, 0.5) is 5.69 Å². The Kier molecular flexibility index (Phi) is 6.70. The molecule has 0 bridgehead atoms. The minimum absolute atomic E-state index is 0.000127. The van der Waals surface area contributed by atoms with Crippen LogP contribution in [0.2, 0.25) is 0 Å². The highest BCUT2D eigenvalue weighted by Crippen LogP contribution is 2.55. The summed E-state index contributed by atoms with van der Waals surface area (Å²) in [7, 11) is 0. The van der Waals surface area contributed by atoms with Gasteiger partial charge in [0.15, 0.2) is 0 Å². The van der Waals surface area contributed by atoms with Gasteiger partial charge in [-0.1, -0.05) is 176 Å². The maximum absolute atomic E-state index is 12.4. The number of nitrogens with zero attached hydrogens (tertiary/aromatic N) is 4. The molecule has 0 aliphatic rings. The quantitative estimate of drug-likeness (QED) is 0.161. The Labute approximate surface area is 453 Å². The lowest BCUT2D eigenvalue weighted by Crippen LogP contribution is -2.09. The molecule has 0 spiro atoms. The fourth-order valence-electron chi connectivity index (χ4n) is 11.5. The fourth-order valence-corrected chi connectivity index (χ4v) is 13.7. The second kappa shape index (κ2) is 15.9. The molecule has 0 atom stereocenters. The molecule has 0 amide bonds. The number of hydrogen-bond acceptors (Lipinski definition) is 4. The highest BCUT2D eigenvalue weighted by atomic mass is 32.1. The molecule has 5 nitrogen and oxygen atoms in total. The molecule has 0 N–H and O–H groups in total. The van der Waals surface area contributed by atoms with Crippen LogP contribution in [-0.4, -0.2) is 9.13 Å². The lowest BCUT2D eigenvalue weighted by Gasteiger charge is -2.26. The molecular weight excluding hydrogens is 953 g/mol. The fraction of sp³-hybridized carbons (Fsp3) is 0. The maximum atomic E-state index is 12.4. The highest BCUT2D eigenvalue weighted by Gasteiger charge is 2.33. The molecular formula is C68H36N4OS2. The Morgan fingerprint density at radius 3 is 1.72 bits per heavy atom. The molecule has 5 heterocycles. The Balaban J connectivity index is 1.20. The summed E-state index contributed by atoms with van der Waals surface area (Å²) in [5, 5.41) is 16.0. The summed E-state index contributed by atoms with van der Waals surface area (Å²) < 4.78 is 123. The molecule has 0 fully saturated rings. The predicted octanol–water partition coefficient (Wildman–Crippen LogP) is 19.9. The Morgan fingerprint density at radius 2 is 1.05 bits per heavy atom. The van der Waals surface area contributed by atoms with Crippen LogP contribution in [0.1, 0.15) is 22.0 Å². The summed E-state index contributed by atoms with van der Waals surface area (Å²) in [6, 6.07) is 43.4. The van der Waals surface area contributed by atoms with Crippen molar-refractivity contribution in [3.63, 3.8) is 0 Å². The SMILES string of the molecule is [2H]c1c([2H])c([2H])c2c(sc3c2c([2H])c([2H])c2c4c([2H])c([2H])c5c(sc6c([2H])c([2H])c([2H])c([2H])c65)c4n(-c4c(C#N)c(-c5ccccc5)c([N+]#[C-])c(-n5c6ccccc6c6c(-c7ccc8oc9ccccc9c8c7)cccc65)c4-c4ccccc4)c32)c1[2H]. The second-order valence-electron chi connectivity index (χ2n) is 18.3. The average Bonchev–Trinajstić information content (AvgIpc) is 1.54. The number of fused-ring (bicyclic) bond motifs is 17. The van der Waals surface area contributed by atoms with Crippen LogP contribution >= 0.6 is 22.7 Å². The van der Waals surface area contributed by atoms with Crippen LogP contribution in [0.3, 0.4) is 0 Å². The molecule has 0 unspecified atom stereocenters. The molecule has 5 aromatic heterocycles. The third kappa shape index (κ3) is 5.79. The van der Waals surface area contributed by atoms with Crippen molar-refractivity contribution in [2.75, 3.05) is 0 Å². The van der Waals surface area contributed by atoms with E-state index in [0.29, 0.717) is 33.4 Å². The van der Waals surface area contributed by atoms with Gasteiger partial charge >= 0.3 is 0 Å². The molecule has 11 aromatic carbocycles. The molecule has 16 aromatic rings. The smallest absolute Gasteiger partial charge is 0.220 e. The van der Waals surface area contributed by atoms with Crippen LogP contribution in [0, 0.1) is 17.9 Å². The summed E-state index contributed by atoms with van der Waals surface area (Å²) in [6.07, 6.45) is 0. The minimum atomic E-state index is -0.548. The van der Waals surface area contributed by atoms with Crippen molar-refractivity contribution in [3.8, 4) is 50.8 Å². The molecule has 0 saturated heterocycles. The van der Waals surface area contributed by atoms with E-state index in [1.54, 1.807) is 4.57 Å². The van der Waals surface area contributed by atoms with Crippen molar-refractivity contribution < 1.29 is 20.9 Å². The van der Waals surface area contributed by atoms with Gasteiger partial charge in [0.2, 0.25) is 5.69 Å². The molecule has 0 radical (unpaired) electrons. The van der Waals surface area contributed by atoms with Gasteiger partial charge in [0.25, 0.3) is 0 Å². The monoisotopic (exact) mass is 1000 g/mol. The minimum Gasteiger partial charge on any atom is -0.456 e. The topological polar surface area (TPSA) is 51.1 Å². The van der Waals surface area contributed by atoms with E-state index in [1.807, 2.05) is 133 Å². The molecule has 7 heteroatoms. The first-order chi connectivity index (χ1) is 42.2. The van der Waals surface area contributed by atoms with Crippen LogP contribution in [0.25, 0.3) is 155 Å². The Hall–Kier alpha value is -9.76. The number of furan rings is 1.